The van der Waals surface area contributed by atoms with Crippen LogP contribution in [-0.2, 0) is 5.54 Å². The van der Waals surface area contributed by atoms with Gasteiger partial charge in [0.05, 0.1) is 15.8 Å². The van der Waals surface area contributed by atoms with E-state index in [1.165, 1.54) is 23.5 Å². The highest BCUT2D eigenvalue weighted by Gasteiger charge is 2.41. The number of aromatic nitrogens is 1. The van der Waals surface area contributed by atoms with Gasteiger partial charge in [-0.05, 0) is 37.5 Å². The van der Waals surface area contributed by atoms with E-state index in [1.807, 2.05) is 0 Å². The third kappa shape index (κ3) is 1.66. The summed E-state index contributed by atoms with van der Waals surface area (Å²) in [7, 11) is 0. The minimum Gasteiger partial charge on any atom is -0.326 e. The Kier molecular flexibility index (Phi) is 2.43. The molecule has 1 saturated carbocycles. The number of rotatable bonds is 1. The molecular formula is C12H14FN3S. The monoisotopic (exact) mass is 251 g/mol. The molecule has 1 heterocycles. The Morgan fingerprint density at radius 1 is 1.47 bits per heavy atom. The largest absolute Gasteiger partial charge is 0.326 e. The SMILES string of the molecule is NC1CCCC1(N)c1nc2ccc(F)cc2s1. The average molecular weight is 251 g/mol. The number of nitrogens with two attached hydrogens (primary N) is 2. The summed E-state index contributed by atoms with van der Waals surface area (Å²) in [6, 6.07) is 4.56. The van der Waals surface area contributed by atoms with Crippen LogP contribution in [0.2, 0.25) is 0 Å². The molecule has 1 aromatic carbocycles. The van der Waals surface area contributed by atoms with Gasteiger partial charge in [0.1, 0.15) is 10.8 Å². The molecule has 5 heteroatoms. The molecular weight excluding hydrogens is 237 g/mol. The summed E-state index contributed by atoms with van der Waals surface area (Å²) >= 11 is 1.46. The number of fused-ring (bicyclic) bond motifs is 1. The van der Waals surface area contributed by atoms with E-state index in [0.717, 1.165) is 34.5 Å². The molecule has 0 bridgehead atoms. The summed E-state index contributed by atoms with van der Waals surface area (Å²) in [5.74, 6) is -0.241. The van der Waals surface area contributed by atoms with Crippen LogP contribution in [0, 0.1) is 5.82 Å². The molecule has 2 aromatic rings. The summed E-state index contributed by atoms with van der Waals surface area (Å²) in [6.45, 7) is 0. The van der Waals surface area contributed by atoms with Gasteiger partial charge in [-0.2, -0.15) is 0 Å². The second kappa shape index (κ2) is 3.73. The van der Waals surface area contributed by atoms with E-state index in [2.05, 4.69) is 4.98 Å². The van der Waals surface area contributed by atoms with Crippen molar-refractivity contribution in [3.63, 3.8) is 0 Å². The second-order valence-corrected chi connectivity index (χ2v) is 5.70. The summed E-state index contributed by atoms with van der Waals surface area (Å²) in [5, 5.41) is 0.836. The van der Waals surface area contributed by atoms with Crippen molar-refractivity contribution in [1.82, 2.24) is 4.98 Å². The van der Waals surface area contributed by atoms with E-state index in [-0.39, 0.29) is 11.9 Å². The highest BCUT2D eigenvalue weighted by molar-refractivity contribution is 7.18. The van der Waals surface area contributed by atoms with Crippen LogP contribution in [0.1, 0.15) is 24.3 Å². The fraction of sp³-hybridized carbons (Fsp3) is 0.417. The first kappa shape index (κ1) is 11.1. The maximum Gasteiger partial charge on any atom is 0.124 e. The van der Waals surface area contributed by atoms with Crippen LogP contribution in [0.15, 0.2) is 18.2 Å². The van der Waals surface area contributed by atoms with Crippen molar-refractivity contribution in [2.45, 2.75) is 30.8 Å². The average Bonchev–Trinajstić information content (AvgIpc) is 2.84. The Hall–Kier alpha value is -1.04. The molecule has 0 amide bonds. The molecule has 2 atom stereocenters. The minimum absolute atomic E-state index is 0.0482. The molecule has 3 nitrogen and oxygen atoms in total. The standard InChI is InChI=1S/C12H14FN3S/c13-7-3-4-8-9(6-7)17-11(16-8)12(15)5-1-2-10(12)14/h3-4,6,10H,1-2,5,14-15H2. The number of halogens is 1. The third-order valence-corrected chi connectivity index (χ3v) is 4.73. The van der Waals surface area contributed by atoms with Gasteiger partial charge in [0.25, 0.3) is 0 Å². The Labute approximate surface area is 103 Å². The van der Waals surface area contributed by atoms with Gasteiger partial charge in [-0.3, -0.25) is 0 Å². The summed E-state index contributed by atoms with van der Waals surface area (Å²) in [4.78, 5) is 4.50. The Bertz CT molecular complexity index is 568. The van der Waals surface area contributed by atoms with Crippen molar-refractivity contribution in [2.24, 2.45) is 11.5 Å². The van der Waals surface area contributed by atoms with Gasteiger partial charge in [0.2, 0.25) is 0 Å². The van der Waals surface area contributed by atoms with E-state index >= 15 is 0 Å². The normalized spacial score (nSPS) is 29.0. The van der Waals surface area contributed by atoms with Crippen LogP contribution in [0.3, 0.4) is 0 Å². The molecule has 1 aliphatic rings. The van der Waals surface area contributed by atoms with Gasteiger partial charge in [0, 0.05) is 6.04 Å². The van der Waals surface area contributed by atoms with Gasteiger partial charge in [-0.15, -0.1) is 11.3 Å². The summed E-state index contributed by atoms with van der Waals surface area (Å²) in [6.07, 6.45) is 2.82. The van der Waals surface area contributed by atoms with Gasteiger partial charge in [-0.25, -0.2) is 9.37 Å². The van der Waals surface area contributed by atoms with E-state index in [1.54, 1.807) is 6.07 Å². The molecule has 0 saturated heterocycles. The molecule has 1 aromatic heterocycles. The number of hydrogen-bond donors (Lipinski definition) is 2. The topological polar surface area (TPSA) is 64.9 Å². The van der Waals surface area contributed by atoms with Crippen LogP contribution in [0.5, 0.6) is 0 Å². The zero-order valence-corrected chi connectivity index (χ0v) is 10.1. The van der Waals surface area contributed by atoms with Crippen LogP contribution in [0.25, 0.3) is 10.2 Å². The molecule has 0 radical (unpaired) electrons. The fourth-order valence-electron chi connectivity index (χ4n) is 2.42. The van der Waals surface area contributed by atoms with Crippen molar-refractivity contribution >= 4 is 21.6 Å². The Morgan fingerprint density at radius 2 is 2.29 bits per heavy atom. The molecule has 1 aliphatic carbocycles. The summed E-state index contributed by atoms with van der Waals surface area (Å²) in [5.41, 5.74) is 12.7. The molecule has 4 N–H and O–H groups in total. The zero-order chi connectivity index (χ0) is 12.0. The van der Waals surface area contributed by atoms with Crippen LogP contribution in [-0.4, -0.2) is 11.0 Å². The molecule has 17 heavy (non-hydrogen) atoms. The number of benzene rings is 1. The summed E-state index contributed by atoms with van der Waals surface area (Å²) < 4.78 is 14.0. The Balaban J connectivity index is 2.12. The number of thiazole rings is 1. The lowest BCUT2D eigenvalue weighted by atomic mass is 9.96. The second-order valence-electron chi connectivity index (χ2n) is 4.67. The zero-order valence-electron chi connectivity index (χ0n) is 9.32. The lowest BCUT2D eigenvalue weighted by Crippen LogP contribution is -2.48. The van der Waals surface area contributed by atoms with Gasteiger partial charge in [-0.1, -0.05) is 0 Å². The molecule has 90 valence electrons. The molecule has 2 unspecified atom stereocenters. The molecule has 3 rings (SSSR count). The first-order chi connectivity index (χ1) is 8.09. The highest BCUT2D eigenvalue weighted by Crippen LogP contribution is 2.39. The van der Waals surface area contributed by atoms with E-state index < -0.39 is 5.54 Å². The number of nitrogens with zero attached hydrogens (tertiary/aromatic N) is 1. The minimum atomic E-state index is -0.528. The van der Waals surface area contributed by atoms with Gasteiger partial charge >= 0.3 is 0 Å². The fourth-order valence-corrected chi connectivity index (χ4v) is 3.61. The van der Waals surface area contributed by atoms with Crippen LogP contribution >= 0.6 is 11.3 Å². The van der Waals surface area contributed by atoms with E-state index in [9.17, 15) is 4.39 Å². The first-order valence-electron chi connectivity index (χ1n) is 5.70. The predicted molar refractivity (Wildman–Crippen MR) is 67.3 cm³/mol. The van der Waals surface area contributed by atoms with E-state index in [0.29, 0.717) is 0 Å². The van der Waals surface area contributed by atoms with Crippen molar-refractivity contribution in [3.8, 4) is 0 Å². The smallest absolute Gasteiger partial charge is 0.124 e. The van der Waals surface area contributed by atoms with E-state index in [4.69, 9.17) is 11.5 Å². The van der Waals surface area contributed by atoms with Crippen molar-refractivity contribution in [1.29, 1.82) is 0 Å². The van der Waals surface area contributed by atoms with Crippen LogP contribution < -0.4 is 11.5 Å². The lowest BCUT2D eigenvalue weighted by molar-refractivity contribution is 0.403. The van der Waals surface area contributed by atoms with Crippen LogP contribution in [0.4, 0.5) is 4.39 Å². The highest BCUT2D eigenvalue weighted by atomic mass is 32.1. The van der Waals surface area contributed by atoms with Gasteiger partial charge in [0.15, 0.2) is 0 Å². The lowest BCUT2D eigenvalue weighted by Gasteiger charge is -2.26. The molecule has 1 fully saturated rings. The molecule has 0 aliphatic heterocycles. The van der Waals surface area contributed by atoms with Crippen molar-refractivity contribution in [3.05, 3.63) is 29.0 Å². The Morgan fingerprint density at radius 3 is 3.00 bits per heavy atom. The van der Waals surface area contributed by atoms with Crippen molar-refractivity contribution < 1.29 is 4.39 Å². The maximum atomic E-state index is 13.1. The first-order valence-corrected chi connectivity index (χ1v) is 6.52. The van der Waals surface area contributed by atoms with Gasteiger partial charge < -0.3 is 11.5 Å². The quantitative estimate of drug-likeness (QED) is 0.815. The maximum absolute atomic E-state index is 13.1. The number of hydrogen-bond acceptors (Lipinski definition) is 4. The predicted octanol–water partition coefficient (Wildman–Crippen LogP) is 2.10. The third-order valence-electron chi connectivity index (χ3n) is 3.52. The molecule has 0 spiro atoms. The van der Waals surface area contributed by atoms with Crippen molar-refractivity contribution in [2.75, 3.05) is 0 Å².